The van der Waals surface area contributed by atoms with Crippen molar-refractivity contribution in [2.45, 2.75) is 19.4 Å². The third-order valence-electron chi connectivity index (χ3n) is 3.21. The molecular formula is C13H16N2O4. The van der Waals surface area contributed by atoms with Crippen LogP contribution in [0.1, 0.15) is 24.2 Å². The molecule has 0 bridgehead atoms. The van der Waals surface area contributed by atoms with Crippen LogP contribution < -0.4 is 4.90 Å². The first-order valence-electron chi connectivity index (χ1n) is 5.84. The quantitative estimate of drug-likeness (QED) is 0.874. The maximum absolute atomic E-state index is 10.9. The standard InChI is InChI=1S/C13H16N2O4/c1-13(2,7-16)15(3)12-14-9-5-4-8(11(17)18)6-10(9)19-12/h4-6,16H,7H2,1-3H3,(H,17,18). The number of oxazole rings is 1. The van der Waals surface area contributed by atoms with Gasteiger partial charge in [-0.15, -0.1) is 0 Å². The Morgan fingerprint density at radius 2 is 2.16 bits per heavy atom. The second-order valence-electron chi connectivity index (χ2n) is 5.01. The van der Waals surface area contributed by atoms with Crippen molar-refractivity contribution in [3.05, 3.63) is 23.8 Å². The molecule has 1 aromatic carbocycles. The minimum atomic E-state index is -1.01. The van der Waals surface area contributed by atoms with E-state index in [0.717, 1.165) is 0 Å². The number of anilines is 1. The predicted molar refractivity (Wildman–Crippen MR) is 70.5 cm³/mol. The molecular weight excluding hydrogens is 248 g/mol. The van der Waals surface area contributed by atoms with Gasteiger partial charge in [-0.1, -0.05) is 0 Å². The lowest BCUT2D eigenvalue weighted by Gasteiger charge is -2.32. The molecule has 1 aromatic heterocycles. The molecule has 0 saturated heterocycles. The molecule has 2 N–H and O–H groups in total. The molecule has 0 fully saturated rings. The fourth-order valence-corrected chi connectivity index (χ4v) is 1.55. The number of benzene rings is 1. The Hall–Kier alpha value is -2.08. The van der Waals surface area contributed by atoms with Gasteiger partial charge in [0.2, 0.25) is 0 Å². The third-order valence-corrected chi connectivity index (χ3v) is 3.21. The largest absolute Gasteiger partial charge is 0.478 e. The van der Waals surface area contributed by atoms with Crippen LogP contribution in [0.25, 0.3) is 11.1 Å². The van der Waals surface area contributed by atoms with E-state index in [0.29, 0.717) is 17.1 Å². The van der Waals surface area contributed by atoms with Gasteiger partial charge < -0.3 is 19.5 Å². The van der Waals surface area contributed by atoms with Crippen molar-refractivity contribution in [2.75, 3.05) is 18.6 Å². The molecule has 102 valence electrons. The molecule has 0 saturated carbocycles. The number of carboxylic acid groups (broad SMARTS) is 1. The Morgan fingerprint density at radius 3 is 2.74 bits per heavy atom. The highest BCUT2D eigenvalue weighted by atomic mass is 16.4. The van der Waals surface area contributed by atoms with E-state index in [9.17, 15) is 9.90 Å². The number of hydrogen-bond acceptors (Lipinski definition) is 5. The number of aromatic carboxylic acids is 1. The van der Waals surface area contributed by atoms with Crippen LogP contribution in [0.5, 0.6) is 0 Å². The van der Waals surface area contributed by atoms with Gasteiger partial charge in [-0.05, 0) is 32.0 Å². The second-order valence-corrected chi connectivity index (χ2v) is 5.01. The summed E-state index contributed by atoms with van der Waals surface area (Å²) >= 11 is 0. The van der Waals surface area contributed by atoms with Crippen LogP contribution in [0.2, 0.25) is 0 Å². The van der Waals surface area contributed by atoms with Crippen molar-refractivity contribution in [2.24, 2.45) is 0 Å². The van der Waals surface area contributed by atoms with Crippen molar-refractivity contribution in [3.8, 4) is 0 Å². The normalized spacial score (nSPS) is 11.8. The number of aliphatic hydroxyl groups is 1. The number of nitrogens with zero attached hydrogens (tertiary/aromatic N) is 2. The van der Waals surface area contributed by atoms with Crippen molar-refractivity contribution >= 4 is 23.1 Å². The summed E-state index contributed by atoms with van der Waals surface area (Å²) in [5.74, 6) is -1.01. The zero-order valence-corrected chi connectivity index (χ0v) is 11.0. The number of aromatic nitrogens is 1. The maximum atomic E-state index is 10.9. The zero-order valence-electron chi connectivity index (χ0n) is 11.0. The summed E-state index contributed by atoms with van der Waals surface area (Å²) in [6.07, 6.45) is 0. The lowest BCUT2D eigenvalue weighted by molar-refractivity contribution is 0.0697. The van der Waals surface area contributed by atoms with Gasteiger partial charge in [0.15, 0.2) is 5.58 Å². The zero-order chi connectivity index (χ0) is 14.2. The van der Waals surface area contributed by atoms with E-state index < -0.39 is 11.5 Å². The number of hydrogen-bond donors (Lipinski definition) is 2. The Bertz CT molecular complexity index is 618. The van der Waals surface area contributed by atoms with Gasteiger partial charge in [-0.25, -0.2) is 4.79 Å². The molecule has 0 unspecified atom stereocenters. The number of aliphatic hydroxyl groups excluding tert-OH is 1. The third kappa shape index (κ3) is 2.39. The number of carbonyl (C=O) groups is 1. The molecule has 0 atom stereocenters. The summed E-state index contributed by atoms with van der Waals surface area (Å²) in [4.78, 5) is 16.9. The highest BCUT2D eigenvalue weighted by Crippen LogP contribution is 2.26. The second kappa shape index (κ2) is 4.55. The summed E-state index contributed by atoms with van der Waals surface area (Å²) in [5, 5.41) is 18.3. The molecule has 0 amide bonds. The first-order chi connectivity index (χ1) is 8.85. The number of likely N-dealkylation sites (N-methyl/N-ethyl adjacent to an activating group) is 1. The fourth-order valence-electron chi connectivity index (χ4n) is 1.55. The van der Waals surface area contributed by atoms with Crippen LogP contribution in [0.4, 0.5) is 6.01 Å². The van der Waals surface area contributed by atoms with Gasteiger partial charge in [-0.3, -0.25) is 0 Å². The van der Waals surface area contributed by atoms with Crippen molar-refractivity contribution in [1.29, 1.82) is 0 Å². The van der Waals surface area contributed by atoms with Gasteiger partial charge in [0, 0.05) is 7.05 Å². The smallest absolute Gasteiger partial charge is 0.335 e. The van der Waals surface area contributed by atoms with Crippen LogP contribution in [0.3, 0.4) is 0 Å². The van der Waals surface area contributed by atoms with Crippen molar-refractivity contribution < 1.29 is 19.4 Å². The molecule has 1 heterocycles. The fraction of sp³-hybridized carbons (Fsp3) is 0.385. The molecule has 6 nitrogen and oxygen atoms in total. The van der Waals surface area contributed by atoms with Gasteiger partial charge in [0.25, 0.3) is 6.01 Å². The highest BCUT2D eigenvalue weighted by Gasteiger charge is 2.26. The minimum Gasteiger partial charge on any atom is -0.478 e. The lowest BCUT2D eigenvalue weighted by atomic mass is 10.1. The molecule has 19 heavy (non-hydrogen) atoms. The summed E-state index contributed by atoms with van der Waals surface area (Å²) in [5.41, 5.74) is 0.631. The van der Waals surface area contributed by atoms with E-state index in [2.05, 4.69) is 4.98 Å². The van der Waals surface area contributed by atoms with E-state index >= 15 is 0 Å². The molecule has 6 heteroatoms. The Balaban J connectivity index is 2.44. The van der Waals surface area contributed by atoms with E-state index in [1.165, 1.54) is 12.1 Å². The highest BCUT2D eigenvalue weighted by molar-refractivity contribution is 5.92. The summed E-state index contributed by atoms with van der Waals surface area (Å²) < 4.78 is 5.55. The molecule has 2 aromatic rings. The minimum absolute atomic E-state index is 0.0530. The maximum Gasteiger partial charge on any atom is 0.335 e. The Kier molecular flexibility index (Phi) is 3.20. The topological polar surface area (TPSA) is 86.8 Å². The monoisotopic (exact) mass is 264 g/mol. The van der Waals surface area contributed by atoms with Gasteiger partial charge in [-0.2, -0.15) is 4.98 Å². The number of fused-ring (bicyclic) bond motifs is 1. The Morgan fingerprint density at radius 1 is 1.47 bits per heavy atom. The van der Waals surface area contributed by atoms with E-state index in [1.807, 2.05) is 13.8 Å². The van der Waals surface area contributed by atoms with Gasteiger partial charge in [0.1, 0.15) is 5.52 Å². The van der Waals surface area contributed by atoms with Crippen LogP contribution in [-0.4, -0.2) is 40.4 Å². The lowest BCUT2D eigenvalue weighted by Crippen LogP contribution is -2.44. The number of carboxylic acids is 1. The van der Waals surface area contributed by atoms with Crippen molar-refractivity contribution in [1.82, 2.24) is 4.98 Å². The van der Waals surface area contributed by atoms with E-state index in [-0.39, 0.29) is 12.2 Å². The van der Waals surface area contributed by atoms with E-state index in [4.69, 9.17) is 9.52 Å². The predicted octanol–water partition coefficient (Wildman–Crippen LogP) is 1.73. The molecule has 0 aliphatic carbocycles. The summed E-state index contributed by atoms with van der Waals surface area (Å²) in [6.45, 7) is 3.65. The summed E-state index contributed by atoms with van der Waals surface area (Å²) in [6, 6.07) is 4.87. The molecule has 0 aliphatic heterocycles. The molecule has 0 spiro atoms. The average Bonchev–Trinajstić information content (AvgIpc) is 2.80. The van der Waals surface area contributed by atoms with Crippen LogP contribution in [0, 0.1) is 0 Å². The molecule has 2 rings (SSSR count). The van der Waals surface area contributed by atoms with Crippen LogP contribution in [-0.2, 0) is 0 Å². The van der Waals surface area contributed by atoms with Gasteiger partial charge in [0.05, 0.1) is 17.7 Å². The molecule has 0 radical (unpaired) electrons. The van der Waals surface area contributed by atoms with Crippen LogP contribution in [0.15, 0.2) is 22.6 Å². The SMILES string of the molecule is CN(c1nc2ccc(C(=O)O)cc2o1)C(C)(C)CO. The summed E-state index contributed by atoms with van der Waals surface area (Å²) in [7, 11) is 1.76. The molecule has 0 aliphatic rings. The first-order valence-corrected chi connectivity index (χ1v) is 5.84. The number of rotatable bonds is 4. The first kappa shape index (κ1) is 13.4. The van der Waals surface area contributed by atoms with E-state index in [1.54, 1.807) is 18.0 Å². The van der Waals surface area contributed by atoms with Crippen LogP contribution >= 0.6 is 0 Å². The van der Waals surface area contributed by atoms with Gasteiger partial charge >= 0.3 is 5.97 Å². The van der Waals surface area contributed by atoms with Crippen molar-refractivity contribution in [3.63, 3.8) is 0 Å². The Labute approximate surface area is 110 Å². The average molecular weight is 264 g/mol.